The van der Waals surface area contributed by atoms with Crippen LogP contribution in [-0.2, 0) is 4.79 Å². The highest BCUT2D eigenvalue weighted by Gasteiger charge is 2.35. The van der Waals surface area contributed by atoms with Gasteiger partial charge in [0.1, 0.15) is 11.6 Å². The van der Waals surface area contributed by atoms with Gasteiger partial charge in [-0.15, -0.1) is 0 Å². The molecule has 9 heteroatoms. The van der Waals surface area contributed by atoms with Crippen molar-refractivity contribution in [1.29, 1.82) is 0 Å². The van der Waals surface area contributed by atoms with Crippen LogP contribution in [-0.4, -0.2) is 57.3 Å². The maximum atomic E-state index is 14.1. The van der Waals surface area contributed by atoms with Gasteiger partial charge in [0.2, 0.25) is 5.88 Å². The molecule has 5 rings (SSSR count). The third kappa shape index (κ3) is 7.27. The summed E-state index contributed by atoms with van der Waals surface area (Å²) in [6, 6.07) is 14.3. The van der Waals surface area contributed by atoms with E-state index >= 15 is 0 Å². The van der Waals surface area contributed by atoms with Crippen molar-refractivity contribution in [3.8, 4) is 11.6 Å². The van der Waals surface area contributed by atoms with E-state index in [0.717, 1.165) is 43.4 Å². The number of hydrogen-bond donors (Lipinski definition) is 2. The van der Waals surface area contributed by atoms with Gasteiger partial charge in [-0.25, -0.2) is 9.97 Å². The molecule has 0 spiro atoms. The molecule has 0 radical (unpaired) electrons. The summed E-state index contributed by atoms with van der Waals surface area (Å²) in [7, 11) is 0. The summed E-state index contributed by atoms with van der Waals surface area (Å²) in [4.78, 5) is 38.4. The Morgan fingerprint density at radius 2 is 1.81 bits per heavy atom. The molecule has 228 valence electrons. The molecule has 1 aliphatic carbocycles. The maximum Gasteiger partial charge on any atom is 0.303 e. The Hall–Kier alpha value is -4.14. The van der Waals surface area contributed by atoms with Crippen LogP contribution in [0.1, 0.15) is 81.1 Å². The van der Waals surface area contributed by atoms with Gasteiger partial charge in [-0.2, -0.15) is 0 Å². The van der Waals surface area contributed by atoms with Crippen molar-refractivity contribution in [3.63, 3.8) is 0 Å². The SMILES string of the molecule is CCC(C)(C)N(C(=O)c1ccc(O)cc1N1CCC(COc2cc(C(CC(=O)O)C3CC3)ccn2)CC1)c1ccccn1. The Labute approximate surface area is 253 Å². The minimum atomic E-state index is -0.780. The number of nitrogens with zero attached hydrogens (tertiary/aromatic N) is 4. The van der Waals surface area contributed by atoms with Crippen molar-refractivity contribution in [2.24, 2.45) is 11.8 Å². The fraction of sp³-hybridized carbons (Fsp3) is 0.471. The number of anilines is 2. The highest BCUT2D eigenvalue weighted by Crippen LogP contribution is 2.45. The van der Waals surface area contributed by atoms with Crippen molar-refractivity contribution < 1.29 is 24.5 Å². The number of hydrogen-bond acceptors (Lipinski definition) is 7. The fourth-order valence-electron chi connectivity index (χ4n) is 5.94. The molecule has 1 aliphatic heterocycles. The molecule has 3 aromatic rings. The van der Waals surface area contributed by atoms with Crippen LogP contribution in [0.25, 0.3) is 0 Å². The van der Waals surface area contributed by atoms with Crippen molar-refractivity contribution in [2.75, 3.05) is 29.5 Å². The largest absolute Gasteiger partial charge is 0.508 e. The van der Waals surface area contributed by atoms with Crippen LogP contribution in [0.3, 0.4) is 0 Å². The summed E-state index contributed by atoms with van der Waals surface area (Å²) >= 11 is 0. The topological polar surface area (TPSA) is 116 Å². The first kappa shape index (κ1) is 30.3. The number of ether oxygens (including phenoxy) is 1. The molecule has 2 N–H and O–H groups in total. The smallest absolute Gasteiger partial charge is 0.303 e. The van der Waals surface area contributed by atoms with Crippen LogP contribution in [0, 0.1) is 11.8 Å². The van der Waals surface area contributed by atoms with E-state index in [2.05, 4.69) is 21.8 Å². The zero-order chi connectivity index (χ0) is 30.6. The number of pyridine rings is 2. The average Bonchev–Trinajstić information content (AvgIpc) is 3.85. The molecule has 43 heavy (non-hydrogen) atoms. The van der Waals surface area contributed by atoms with Crippen LogP contribution >= 0.6 is 0 Å². The molecule has 3 heterocycles. The molecule has 1 amide bonds. The standard InChI is InChI=1S/C34H42N4O5/c1-4-34(2,3)38(30-7-5-6-15-35-30)33(42)27-11-10-26(39)20-29(27)37-17-13-23(14-18-37)22-43-31-19-25(12-16-36-31)28(21-32(40)41)24-8-9-24/h5-7,10-12,15-16,19-20,23-24,28,39H,4,8-9,13-14,17-18,21-22H2,1-3H3,(H,40,41). The van der Waals surface area contributed by atoms with Crippen molar-refractivity contribution in [1.82, 2.24) is 9.97 Å². The summed E-state index contributed by atoms with van der Waals surface area (Å²) in [6.07, 6.45) is 8.12. The first-order valence-electron chi connectivity index (χ1n) is 15.3. The summed E-state index contributed by atoms with van der Waals surface area (Å²) in [5.74, 6) is 1.05. The Morgan fingerprint density at radius 1 is 1.05 bits per heavy atom. The minimum Gasteiger partial charge on any atom is -0.508 e. The monoisotopic (exact) mass is 586 g/mol. The molecule has 1 saturated heterocycles. The Morgan fingerprint density at radius 3 is 2.47 bits per heavy atom. The molecule has 2 aliphatic rings. The maximum absolute atomic E-state index is 14.1. The van der Waals surface area contributed by atoms with Gasteiger partial charge in [0, 0.05) is 43.2 Å². The minimum absolute atomic E-state index is 0.00165. The zero-order valence-corrected chi connectivity index (χ0v) is 25.3. The average molecular weight is 587 g/mol. The summed E-state index contributed by atoms with van der Waals surface area (Å²) < 4.78 is 6.11. The van der Waals surface area contributed by atoms with Crippen molar-refractivity contribution in [3.05, 3.63) is 72.1 Å². The first-order valence-corrected chi connectivity index (χ1v) is 15.3. The molecule has 1 aromatic carbocycles. The van der Waals surface area contributed by atoms with Gasteiger partial charge in [-0.1, -0.05) is 13.0 Å². The van der Waals surface area contributed by atoms with E-state index in [0.29, 0.717) is 48.8 Å². The van der Waals surface area contributed by atoms with E-state index in [1.165, 1.54) is 0 Å². The lowest BCUT2D eigenvalue weighted by atomic mass is 9.92. The number of carboxylic acid groups (broad SMARTS) is 1. The van der Waals surface area contributed by atoms with Gasteiger partial charge in [0.05, 0.1) is 24.3 Å². The molecule has 1 saturated carbocycles. The highest BCUT2D eigenvalue weighted by atomic mass is 16.5. The normalized spacial score (nSPS) is 16.5. The van der Waals surface area contributed by atoms with Gasteiger partial charge in [-0.05, 0) is 99.6 Å². The van der Waals surface area contributed by atoms with Crippen LogP contribution in [0.5, 0.6) is 11.6 Å². The van der Waals surface area contributed by atoms with E-state index in [9.17, 15) is 19.8 Å². The summed E-state index contributed by atoms with van der Waals surface area (Å²) in [6.45, 7) is 8.08. The number of phenols is 1. The lowest BCUT2D eigenvalue weighted by Gasteiger charge is -2.39. The van der Waals surface area contributed by atoms with Gasteiger partial charge >= 0.3 is 5.97 Å². The number of aromatic hydroxyl groups is 1. The zero-order valence-electron chi connectivity index (χ0n) is 25.3. The predicted octanol–water partition coefficient (Wildman–Crippen LogP) is 6.28. The van der Waals surface area contributed by atoms with Gasteiger partial charge < -0.3 is 19.8 Å². The number of phenolic OH excluding ortho intramolecular Hbond substituents is 1. The second-order valence-electron chi connectivity index (χ2n) is 12.4. The molecular weight excluding hydrogens is 544 g/mol. The van der Waals surface area contributed by atoms with Crippen LogP contribution < -0.4 is 14.5 Å². The number of carbonyl (C=O) groups excluding carboxylic acids is 1. The quantitative estimate of drug-likeness (QED) is 0.255. The number of carboxylic acids is 1. The van der Waals surface area contributed by atoms with Gasteiger partial charge in [-0.3, -0.25) is 14.5 Å². The summed E-state index contributed by atoms with van der Waals surface area (Å²) in [5.41, 5.74) is 1.77. The van der Waals surface area contributed by atoms with E-state index in [-0.39, 0.29) is 24.0 Å². The molecule has 1 atom stereocenters. The second-order valence-corrected chi connectivity index (χ2v) is 12.4. The number of piperidine rings is 1. The molecule has 2 aromatic heterocycles. The molecule has 9 nitrogen and oxygen atoms in total. The van der Waals surface area contributed by atoms with E-state index < -0.39 is 11.5 Å². The van der Waals surface area contributed by atoms with Crippen LogP contribution in [0.2, 0.25) is 0 Å². The number of amides is 1. The number of benzene rings is 1. The summed E-state index contributed by atoms with van der Waals surface area (Å²) in [5, 5.41) is 19.8. The van der Waals surface area contributed by atoms with E-state index in [4.69, 9.17) is 4.74 Å². The number of rotatable bonds is 12. The number of carbonyl (C=O) groups is 2. The number of aromatic nitrogens is 2. The first-order chi connectivity index (χ1) is 20.7. The van der Waals surface area contributed by atoms with E-state index in [1.54, 1.807) is 35.5 Å². The van der Waals surface area contributed by atoms with Crippen molar-refractivity contribution >= 4 is 23.4 Å². The predicted molar refractivity (Wildman–Crippen MR) is 166 cm³/mol. The third-order valence-electron chi connectivity index (χ3n) is 8.96. The van der Waals surface area contributed by atoms with Crippen molar-refractivity contribution in [2.45, 2.75) is 70.8 Å². The number of aliphatic carboxylic acids is 1. The Kier molecular flexibility index (Phi) is 9.18. The lowest BCUT2D eigenvalue weighted by molar-refractivity contribution is -0.137. The molecular formula is C34H42N4O5. The van der Waals surface area contributed by atoms with Gasteiger partial charge in [0.15, 0.2) is 0 Å². The molecule has 0 bridgehead atoms. The lowest BCUT2D eigenvalue weighted by Crippen LogP contribution is -2.48. The van der Waals surface area contributed by atoms with Gasteiger partial charge in [0.25, 0.3) is 5.91 Å². The fourth-order valence-corrected chi connectivity index (χ4v) is 5.94. The van der Waals surface area contributed by atoms with E-state index in [1.807, 2.05) is 44.2 Å². The molecule has 1 unspecified atom stereocenters. The highest BCUT2D eigenvalue weighted by molar-refractivity contribution is 6.10. The second kappa shape index (κ2) is 13.0. The Bertz CT molecular complexity index is 1420. The Balaban J connectivity index is 1.26. The van der Waals surface area contributed by atoms with Crippen LogP contribution in [0.15, 0.2) is 60.9 Å². The third-order valence-corrected chi connectivity index (χ3v) is 8.96. The molecule has 2 fully saturated rings. The van der Waals surface area contributed by atoms with Crippen LogP contribution in [0.4, 0.5) is 11.5 Å².